The van der Waals surface area contributed by atoms with Gasteiger partial charge in [-0.15, -0.1) is 0 Å². The number of anilines is 1. The summed E-state index contributed by atoms with van der Waals surface area (Å²) in [5, 5.41) is 2.89. The van der Waals surface area contributed by atoms with E-state index >= 15 is 0 Å². The monoisotopic (exact) mass is 407 g/mol. The molecule has 0 aliphatic carbocycles. The molecule has 29 heavy (non-hydrogen) atoms. The minimum absolute atomic E-state index is 0.193. The molecule has 0 radical (unpaired) electrons. The number of hydrogen-bond donors (Lipinski definition) is 1. The van der Waals surface area contributed by atoms with Crippen molar-refractivity contribution in [3.05, 3.63) is 89.7 Å². The van der Waals surface area contributed by atoms with Gasteiger partial charge in [0.15, 0.2) is 0 Å². The van der Waals surface area contributed by atoms with Gasteiger partial charge in [-0.25, -0.2) is 8.42 Å². The molecule has 1 aliphatic rings. The fourth-order valence-corrected chi connectivity index (χ4v) is 5.31. The maximum absolute atomic E-state index is 13.1. The molecule has 1 aromatic heterocycles. The number of pyridine rings is 1. The van der Waals surface area contributed by atoms with Gasteiger partial charge in [-0.2, -0.15) is 0 Å². The molecule has 0 saturated heterocycles. The first kappa shape index (κ1) is 19.1. The molecule has 1 N–H and O–H groups in total. The maximum atomic E-state index is 13.1. The number of benzene rings is 2. The first-order valence-electron chi connectivity index (χ1n) is 9.36. The van der Waals surface area contributed by atoms with Crippen LogP contribution in [0.4, 0.5) is 5.69 Å². The highest BCUT2D eigenvalue weighted by Crippen LogP contribution is 2.37. The second-order valence-electron chi connectivity index (χ2n) is 7.05. The Balaban J connectivity index is 1.57. The van der Waals surface area contributed by atoms with Gasteiger partial charge in [0.05, 0.1) is 10.6 Å². The number of sulfonamides is 1. The van der Waals surface area contributed by atoms with E-state index in [9.17, 15) is 13.2 Å². The largest absolute Gasteiger partial charge is 0.348 e. The summed E-state index contributed by atoms with van der Waals surface area (Å²) in [5.74, 6) is -0.193. The summed E-state index contributed by atoms with van der Waals surface area (Å²) in [6.07, 6.45) is 3.92. The molecule has 4 rings (SSSR count). The van der Waals surface area contributed by atoms with Crippen LogP contribution < -0.4 is 9.62 Å². The van der Waals surface area contributed by atoms with Gasteiger partial charge in [0, 0.05) is 30.5 Å². The van der Waals surface area contributed by atoms with E-state index in [0.29, 0.717) is 24.2 Å². The first-order chi connectivity index (χ1) is 14.0. The Bertz CT molecular complexity index is 1130. The Morgan fingerprint density at radius 3 is 2.55 bits per heavy atom. The number of hydrogen-bond acceptors (Lipinski definition) is 4. The molecule has 0 bridgehead atoms. The van der Waals surface area contributed by atoms with Crippen molar-refractivity contribution < 1.29 is 13.2 Å². The molecule has 0 fully saturated rings. The molecule has 0 unspecified atom stereocenters. The van der Waals surface area contributed by atoms with E-state index in [0.717, 1.165) is 11.1 Å². The van der Waals surface area contributed by atoms with E-state index in [4.69, 9.17) is 0 Å². The summed E-state index contributed by atoms with van der Waals surface area (Å²) in [7, 11) is -3.65. The molecular formula is C22H21N3O3S. The third kappa shape index (κ3) is 3.73. The molecule has 1 amide bonds. The van der Waals surface area contributed by atoms with Gasteiger partial charge < -0.3 is 5.32 Å². The number of amides is 1. The van der Waals surface area contributed by atoms with Crippen molar-refractivity contribution in [1.82, 2.24) is 10.3 Å². The summed E-state index contributed by atoms with van der Waals surface area (Å²) in [4.78, 5) is 16.8. The third-order valence-electron chi connectivity index (χ3n) is 5.00. The van der Waals surface area contributed by atoms with Crippen LogP contribution in [0.1, 0.15) is 28.4 Å². The third-order valence-corrected chi connectivity index (χ3v) is 6.94. The van der Waals surface area contributed by atoms with Crippen LogP contribution in [0.5, 0.6) is 0 Å². The fourth-order valence-electron chi connectivity index (χ4n) is 3.60. The van der Waals surface area contributed by atoms with Crippen LogP contribution in [0.25, 0.3) is 0 Å². The fraction of sp³-hybridized carbons (Fsp3) is 0.182. The molecule has 2 heterocycles. The highest BCUT2D eigenvalue weighted by atomic mass is 32.2. The van der Waals surface area contributed by atoms with E-state index in [2.05, 4.69) is 10.3 Å². The zero-order valence-corrected chi connectivity index (χ0v) is 16.8. The van der Waals surface area contributed by atoms with Gasteiger partial charge >= 0.3 is 0 Å². The molecule has 1 atom stereocenters. The summed E-state index contributed by atoms with van der Waals surface area (Å²) >= 11 is 0. The van der Waals surface area contributed by atoms with Crippen LogP contribution in [-0.4, -0.2) is 25.4 Å². The average Bonchev–Trinajstić information content (AvgIpc) is 3.09. The Morgan fingerprint density at radius 1 is 1.10 bits per heavy atom. The molecule has 1 aliphatic heterocycles. The van der Waals surface area contributed by atoms with Crippen LogP contribution in [-0.2, 0) is 23.0 Å². The molecule has 0 spiro atoms. The Hall–Kier alpha value is -3.19. The lowest BCUT2D eigenvalue weighted by Gasteiger charge is -2.24. The van der Waals surface area contributed by atoms with Crippen LogP contribution in [0.15, 0.2) is 78.0 Å². The minimum Gasteiger partial charge on any atom is -0.348 e. The maximum Gasteiger partial charge on any atom is 0.264 e. The SMILES string of the molecule is C[C@H]1Cc2cc(C(=O)NCc3ccncc3)ccc2N1S(=O)(=O)c1ccccc1. The van der Waals surface area contributed by atoms with Crippen molar-refractivity contribution in [2.24, 2.45) is 0 Å². The van der Waals surface area contributed by atoms with Crippen molar-refractivity contribution in [3.8, 4) is 0 Å². The average molecular weight is 407 g/mol. The van der Waals surface area contributed by atoms with Gasteiger partial charge in [0.25, 0.3) is 15.9 Å². The Labute approximate surface area is 170 Å². The van der Waals surface area contributed by atoms with Crippen molar-refractivity contribution >= 4 is 21.6 Å². The highest BCUT2D eigenvalue weighted by molar-refractivity contribution is 7.92. The first-order valence-corrected chi connectivity index (χ1v) is 10.8. The Morgan fingerprint density at radius 2 is 1.83 bits per heavy atom. The Kier molecular flexibility index (Phi) is 5.07. The van der Waals surface area contributed by atoms with Crippen LogP contribution in [0, 0.1) is 0 Å². The van der Waals surface area contributed by atoms with Crippen LogP contribution in [0.2, 0.25) is 0 Å². The second-order valence-corrected chi connectivity index (χ2v) is 8.86. The van der Waals surface area contributed by atoms with Gasteiger partial charge in [0.1, 0.15) is 0 Å². The van der Waals surface area contributed by atoms with E-state index in [-0.39, 0.29) is 16.8 Å². The number of carbonyl (C=O) groups excluding carboxylic acids is 1. The van der Waals surface area contributed by atoms with Crippen molar-refractivity contribution in [2.45, 2.75) is 30.8 Å². The minimum atomic E-state index is -3.65. The smallest absolute Gasteiger partial charge is 0.264 e. The number of nitrogens with one attached hydrogen (secondary N) is 1. The van der Waals surface area contributed by atoms with Crippen molar-refractivity contribution in [3.63, 3.8) is 0 Å². The molecule has 0 saturated carbocycles. The van der Waals surface area contributed by atoms with Gasteiger partial charge in [-0.05, 0) is 66.9 Å². The molecule has 6 nitrogen and oxygen atoms in total. The van der Waals surface area contributed by atoms with Crippen molar-refractivity contribution in [2.75, 3.05) is 4.31 Å². The summed E-state index contributed by atoms with van der Waals surface area (Å²) in [5.41, 5.74) is 2.97. The van der Waals surface area contributed by atoms with Gasteiger partial charge in [-0.1, -0.05) is 18.2 Å². The zero-order chi connectivity index (χ0) is 20.4. The second kappa shape index (κ2) is 7.67. The van der Waals surface area contributed by atoms with Crippen LogP contribution in [0.3, 0.4) is 0 Å². The highest BCUT2D eigenvalue weighted by Gasteiger charge is 2.36. The lowest BCUT2D eigenvalue weighted by Crippen LogP contribution is -2.35. The summed E-state index contributed by atoms with van der Waals surface area (Å²) in [6.45, 7) is 2.28. The van der Waals surface area contributed by atoms with Crippen molar-refractivity contribution in [1.29, 1.82) is 0 Å². The van der Waals surface area contributed by atoms with Crippen LogP contribution >= 0.6 is 0 Å². The number of rotatable bonds is 5. The van der Waals surface area contributed by atoms with E-state index in [1.165, 1.54) is 4.31 Å². The zero-order valence-electron chi connectivity index (χ0n) is 15.9. The topological polar surface area (TPSA) is 79.4 Å². The van der Waals surface area contributed by atoms with Gasteiger partial charge in [-0.3, -0.25) is 14.1 Å². The predicted molar refractivity (Wildman–Crippen MR) is 111 cm³/mol. The van der Waals surface area contributed by atoms with Gasteiger partial charge in [0.2, 0.25) is 0 Å². The molecule has 3 aromatic rings. The van der Waals surface area contributed by atoms with E-state index in [1.54, 1.807) is 60.9 Å². The summed E-state index contributed by atoms with van der Waals surface area (Å²) in [6, 6.07) is 17.1. The number of carbonyl (C=O) groups is 1. The normalized spacial score (nSPS) is 15.8. The van der Waals surface area contributed by atoms with E-state index in [1.807, 2.05) is 19.1 Å². The lowest BCUT2D eigenvalue weighted by molar-refractivity contribution is 0.0951. The molecule has 7 heteroatoms. The predicted octanol–water partition coefficient (Wildman–Crippen LogP) is 3.15. The summed E-state index contributed by atoms with van der Waals surface area (Å²) < 4.78 is 27.7. The standard InChI is InChI=1S/C22H21N3O3S/c1-16-13-19-14-18(22(26)24-15-17-9-11-23-12-10-17)7-8-21(19)25(16)29(27,28)20-5-3-2-4-6-20/h2-12,14,16H,13,15H2,1H3,(H,24,26)/t16-/m0/s1. The number of aromatic nitrogens is 1. The lowest BCUT2D eigenvalue weighted by atomic mass is 10.1. The quantitative estimate of drug-likeness (QED) is 0.705. The molecule has 148 valence electrons. The number of nitrogens with zero attached hydrogens (tertiary/aromatic N) is 2. The van der Waals surface area contributed by atoms with E-state index < -0.39 is 10.0 Å². The number of fused-ring (bicyclic) bond motifs is 1. The molecule has 2 aromatic carbocycles. The molecular weight excluding hydrogens is 386 g/mol.